The predicted octanol–water partition coefficient (Wildman–Crippen LogP) is 1.86. The van der Waals surface area contributed by atoms with Crippen LogP contribution in [0.2, 0.25) is 0 Å². The molecule has 0 bridgehead atoms. The van der Waals surface area contributed by atoms with Crippen molar-refractivity contribution in [2.24, 2.45) is 11.8 Å². The number of hydrogen-bond donors (Lipinski definition) is 2. The summed E-state index contributed by atoms with van der Waals surface area (Å²) in [7, 11) is 0. The van der Waals surface area contributed by atoms with E-state index in [2.05, 4.69) is 11.9 Å². The minimum absolute atomic E-state index is 0.129. The van der Waals surface area contributed by atoms with Crippen molar-refractivity contribution < 1.29 is 19.4 Å². The molecule has 2 heterocycles. The van der Waals surface area contributed by atoms with E-state index in [-0.39, 0.29) is 11.8 Å². The van der Waals surface area contributed by atoms with Crippen LogP contribution in [0.4, 0.5) is 0 Å². The molecule has 3 aliphatic rings. The van der Waals surface area contributed by atoms with Gasteiger partial charge < -0.3 is 15.2 Å². The van der Waals surface area contributed by atoms with E-state index in [9.17, 15) is 14.7 Å². The molecule has 0 saturated carbocycles. The molecule has 3 rings (SSSR count). The van der Waals surface area contributed by atoms with Crippen LogP contribution >= 0.6 is 0 Å². The van der Waals surface area contributed by atoms with Gasteiger partial charge in [-0.1, -0.05) is 31.6 Å². The Hall–Kier alpha value is -1.62. The molecular formula is C18H25NO4. The summed E-state index contributed by atoms with van der Waals surface area (Å²) >= 11 is 0. The van der Waals surface area contributed by atoms with Gasteiger partial charge in [-0.15, -0.1) is 6.58 Å². The number of amides is 1. The van der Waals surface area contributed by atoms with Crippen LogP contribution in [0.1, 0.15) is 45.4 Å². The lowest BCUT2D eigenvalue weighted by molar-refractivity contribution is -0.245. The Balaban J connectivity index is 2.01. The normalized spacial score (nSPS) is 39.9. The SMILES string of the molecule is C=CC[C@H]1C(=O)NC2([C@@H](O)[C@@H]3C=CCCC3)C(=O)O[C@@]12CCC. The molecule has 2 saturated heterocycles. The highest BCUT2D eigenvalue weighted by atomic mass is 16.6. The zero-order chi connectivity index (χ0) is 16.7. The third-order valence-electron chi connectivity index (χ3n) is 5.63. The van der Waals surface area contributed by atoms with E-state index in [0.29, 0.717) is 12.8 Å². The van der Waals surface area contributed by atoms with Crippen LogP contribution in [0.15, 0.2) is 24.8 Å². The molecule has 0 aromatic heterocycles. The average Bonchev–Trinajstić information content (AvgIpc) is 2.74. The smallest absolute Gasteiger partial charge is 0.339 e. The van der Waals surface area contributed by atoms with E-state index in [1.807, 2.05) is 19.1 Å². The molecule has 5 heteroatoms. The molecule has 2 N–H and O–H groups in total. The molecule has 0 radical (unpaired) electrons. The fraction of sp³-hybridized carbons (Fsp3) is 0.667. The summed E-state index contributed by atoms with van der Waals surface area (Å²) in [6.45, 7) is 5.71. The first-order valence-corrected chi connectivity index (χ1v) is 8.54. The summed E-state index contributed by atoms with van der Waals surface area (Å²) in [5, 5.41) is 13.9. The molecule has 126 valence electrons. The van der Waals surface area contributed by atoms with Crippen LogP contribution < -0.4 is 5.32 Å². The summed E-state index contributed by atoms with van der Waals surface area (Å²) in [5.41, 5.74) is -2.26. The van der Waals surface area contributed by atoms with Gasteiger partial charge in [-0.25, -0.2) is 4.79 Å². The van der Waals surface area contributed by atoms with E-state index in [4.69, 9.17) is 4.74 Å². The Kier molecular flexibility index (Phi) is 4.08. The average molecular weight is 319 g/mol. The molecule has 5 atom stereocenters. The van der Waals surface area contributed by atoms with Gasteiger partial charge in [-0.3, -0.25) is 4.79 Å². The Morgan fingerprint density at radius 1 is 1.57 bits per heavy atom. The molecule has 1 amide bonds. The van der Waals surface area contributed by atoms with Crippen molar-refractivity contribution in [3.8, 4) is 0 Å². The summed E-state index contributed by atoms with van der Waals surface area (Å²) < 4.78 is 5.59. The van der Waals surface area contributed by atoms with Crippen LogP contribution in [-0.2, 0) is 14.3 Å². The Labute approximate surface area is 136 Å². The van der Waals surface area contributed by atoms with Crippen molar-refractivity contribution in [1.82, 2.24) is 5.32 Å². The van der Waals surface area contributed by atoms with Crippen molar-refractivity contribution in [3.63, 3.8) is 0 Å². The maximum atomic E-state index is 12.5. The zero-order valence-corrected chi connectivity index (χ0v) is 13.6. The quantitative estimate of drug-likeness (QED) is 0.579. The molecule has 5 nitrogen and oxygen atoms in total. The zero-order valence-electron chi connectivity index (χ0n) is 13.6. The topological polar surface area (TPSA) is 75.6 Å². The number of allylic oxidation sites excluding steroid dienone is 2. The van der Waals surface area contributed by atoms with Gasteiger partial charge in [-0.05, 0) is 32.1 Å². The molecule has 1 unspecified atom stereocenters. The first kappa shape index (κ1) is 16.2. The second-order valence-corrected chi connectivity index (χ2v) is 6.87. The Morgan fingerprint density at radius 2 is 2.35 bits per heavy atom. The van der Waals surface area contributed by atoms with E-state index in [0.717, 1.165) is 25.7 Å². The van der Waals surface area contributed by atoms with Gasteiger partial charge >= 0.3 is 5.97 Å². The molecule has 0 aromatic rings. The van der Waals surface area contributed by atoms with Gasteiger partial charge in [0, 0.05) is 5.92 Å². The van der Waals surface area contributed by atoms with Crippen molar-refractivity contribution in [2.45, 2.75) is 62.7 Å². The van der Waals surface area contributed by atoms with Gasteiger partial charge in [0.15, 0.2) is 5.60 Å². The largest absolute Gasteiger partial charge is 0.453 e. The van der Waals surface area contributed by atoms with E-state index in [1.165, 1.54) is 0 Å². The fourth-order valence-electron chi connectivity index (χ4n) is 4.57. The second-order valence-electron chi connectivity index (χ2n) is 6.87. The fourth-order valence-corrected chi connectivity index (χ4v) is 4.57. The van der Waals surface area contributed by atoms with E-state index >= 15 is 0 Å². The summed E-state index contributed by atoms with van der Waals surface area (Å²) in [5.74, 6) is -1.32. The molecule has 0 spiro atoms. The number of hydrogen-bond acceptors (Lipinski definition) is 4. The summed E-state index contributed by atoms with van der Waals surface area (Å²) in [6.07, 6.45) is 9.29. The van der Waals surface area contributed by atoms with Crippen LogP contribution in [0, 0.1) is 11.8 Å². The van der Waals surface area contributed by atoms with Crippen molar-refractivity contribution in [1.29, 1.82) is 0 Å². The van der Waals surface area contributed by atoms with Gasteiger partial charge in [-0.2, -0.15) is 0 Å². The van der Waals surface area contributed by atoms with Crippen LogP contribution in [0.25, 0.3) is 0 Å². The lowest BCUT2D eigenvalue weighted by atomic mass is 9.62. The number of carbonyl (C=O) groups is 2. The highest BCUT2D eigenvalue weighted by Gasteiger charge is 2.80. The molecule has 2 aliphatic heterocycles. The van der Waals surface area contributed by atoms with Crippen molar-refractivity contribution >= 4 is 11.9 Å². The number of aliphatic hydroxyl groups is 1. The first-order chi connectivity index (χ1) is 11.0. The van der Waals surface area contributed by atoms with E-state index < -0.39 is 29.1 Å². The molecule has 0 aromatic carbocycles. The molecular weight excluding hydrogens is 294 g/mol. The minimum atomic E-state index is -1.31. The number of aliphatic hydroxyl groups excluding tert-OH is 1. The number of ether oxygens (including phenoxy) is 1. The minimum Gasteiger partial charge on any atom is -0.453 e. The van der Waals surface area contributed by atoms with Gasteiger partial charge in [0.1, 0.15) is 0 Å². The number of nitrogens with one attached hydrogen (secondary N) is 1. The number of rotatable bonds is 6. The van der Waals surface area contributed by atoms with Crippen LogP contribution in [0.5, 0.6) is 0 Å². The maximum absolute atomic E-state index is 12.5. The maximum Gasteiger partial charge on any atom is 0.339 e. The standard InChI is InChI=1S/C18H25NO4/c1-3-8-13-15(21)19-18(14(20)12-9-6-5-7-10-12)16(22)23-17(13,18)11-4-2/h3,6,9,12-14,20H,1,4-5,7-8,10-11H2,2H3,(H,19,21)/t12-,13+,14+,17+,18?/m1/s1. The molecule has 2 fully saturated rings. The monoisotopic (exact) mass is 319 g/mol. The number of carbonyl (C=O) groups excluding carboxylic acids is 2. The predicted molar refractivity (Wildman–Crippen MR) is 85.4 cm³/mol. The highest BCUT2D eigenvalue weighted by molar-refractivity contribution is 6.02. The number of esters is 1. The second kappa shape index (κ2) is 5.78. The van der Waals surface area contributed by atoms with Gasteiger partial charge in [0.05, 0.1) is 12.0 Å². The van der Waals surface area contributed by atoms with Crippen molar-refractivity contribution in [2.75, 3.05) is 0 Å². The lowest BCUT2D eigenvalue weighted by Gasteiger charge is -2.56. The third-order valence-corrected chi connectivity index (χ3v) is 5.63. The van der Waals surface area contributed by atoms with Crippen molar-refractivity contribution in [3.05, 3.63) is 24.8 Å². The Morgan fingerprint density at radius 3 is 2.91 bits per heavy atom. The summed E-state index contributed by atoms with van der Waals surface area (Å²) in [4.78, 5) is 25.0. The van der Waals surface area contributed by atoms with Crippen LogP contribution in [0.3, 0.4) is 0 Å². The van der Waals surface area contributed by atoms with Gasteiger partial charge in [0.2, 0.25) is 11.4 Å². The first-order valence-electron chi connectivity index (χ1n) is 8.54. The van der Waals surface area contributed by atoms with Gasteiger partial charge in [0.25, 0.3) is 0 Å². The molecule has 1 aliphatic carbocycles. The lowest BCUT2D eigenvalue weighted by Crippen LogP contribution is -2.81. The highest BCUT2D eigenvalue weighted by Crippen LogP contribution is 2.55. The van der Waals surface area contributed by atoms with Crippen LogP contribution in [-0.4, -0.2) is 34.2 Å². The summed E-state index contributed by atoms with van der Waals surface area (Å²) in [6, 6.07) is 0. The number of fused-ring (bicyclic) bond motifs is 1. The molecule has 23 heavy (non-hydrogen) atoms. The third kappa shape index (κ3) is 2.02. The Bertz CT molecular complexity index is 557. The van der Waals surface area contributed by atoms with E-state index in [1.54, 1.807) is 6.08 Å².